The minimum atomic E-state index is -0.194. The fraction of sp³-hybridized carbons (Fsp3) is 0.667. The van der Waals surface area contributed by atoms with E-state index in [-0.39, 0.29) is 6.10 Å². The summed E-state index contributed by atoms with van der Waals surface area (Å²) in [6.07, 6.45) is 6.67. The Morgan fingerprint density at radius 1 is 1.67 bits per heavy atom. The number of furan rings is 1. The number of likely N-dealkylation sites (tertiary alicyclic amines) is 1. The van der Waals surface area contributed by atoms with Crippen molar-refractivity contribution in [2.75, 3.05) is 6.54 Å². The van der Waals surface area contributed by atoms with Gasteiger partial charge in [0.05, 0.1) is 18.6 Å². The first-order valence-electron chi connectivity index (χ1n) is 5.69. The third kappa shape index (κ3) is 2.83. The molecule has 3 heteroatoms. The van der Waals surface area contributed by atoms with Crippen LogP contribution in [-0.2, 0) is 6.54 Å². The van der Waals surface area contributed by atoms with E-state index >= 15 is 0 Å². The van der Waals surface area contributed by atoms with Crippen molar-refractivity contribution in [1.82, 2.24) is 4.90 Å². The second kappa shape index (κ2) is 4.81. The highest BCUT2D eigenvalue weighted by Crippen LogP contribution is 2.23. The van der Waals surface area contributed by atoms with Crippen molar-refractivity contribution in [2.45, 2.75) is 44.9 Å². The van der Waals surface area contributed by atoms with Crippen LogP contribution in [0.2, 0.25) is 0 Å². The first-order chi connectivity index (χ1) is 7.25. The van der Waals surface area contributed by atoms with E-state index in [1.165, 1.54) is 18.4 Å². The first kappa shape index (κ1) is 10.7. The Hall–Kier alpha value is -0.800. The molecule has 1 aliphatic rings. The van der Waals surface area contributed by atoms with Crippen LogP contribution in [0.5, 0.6) is 0 Å². The second-order valence-electron chi connectivity index (χ2n) is 4.48. The zero-order chi connectivity index (χ0) is 10.7. The Bertz CT molecular complexity index is 282. The lowest BCUT2D eigenvalue weighted by Gasteiger charge is -2.24. The molecule has 15 heavy (non-hydrogen) atoms. The van der Waals surface area contributed by atoms with Crippen molar-refractivity contribution in [3.8, 4) is 0 Å². The zero-order valence-electron chi connectivity index (χ0n) is 9.22. The summed E-state index contributed by atoms with van der Waals surface area (Å²) in [5, 5.41) is 9.41. The van der Waals surface area contributed by atoms with Gasteiger partial charge >= 0.3 is 0 Å². The molecule has 3 nitrogen and oxygen atoms in total. The van der Waals surface area contributed by atoms with Crippen molar-refractivity contribution in [3.05, 3.63) is 24.2 Å². The Morgan fingerprint density at radius 3 is 3.20 bits per heavy atom. The molecule has 0 amide bonds. The van der Waals surface area contributed by atoms with Gasteiger partial charge < -0.3 is 9.52 Å². The molecule has 2 rings (SSSR count). The van der Waals surface area contributed by atoms with Crippen LogP contribution in [0.15, 0.2) is 23.0 Å². The number of aliphatic hydroxyl groups is 1. The molecule has 0 saturated carbocycles. The van der Waals surface area contributed by atoms with Crippen LogP contribution < -0.4 is 0 Å². The molecule has 0 radical (unpaired) electrons. The molecule has 1 aromatic rings. The minimum Gasteiger partial charge on any atom is -0.472 e. The van der Waals surface area contributed by atoms with Crippen LogP contribution in [0.25, 0.3) is 0 Å². The average molecular weight is 209 g/mol. The summed E-state index contributed by atoms with van der Waals surface area (Å²) >= 11 is 0. The van der Waals surface area contributed by atoms with Crippen LogP contribution in [0.3, 0.4) is 0 Å². The molecule has 0 bridgehead atoms. The largest absolute Gasteiger partial charge is 0.472 e. The van der Waals surface area contributed by atoms with E-state index in [4.69, 9.17) is 4.42 Å². The van der Waals surface area contributed by atoms with Gasteiger partial charge in [-0.05, 0) is 38.8 Å². The van der Waals surface area contributed by atoms with Crippen LogP contribution in [-0.4, -0.2) is 28.7 Å². The second-order valence-corrected chi connectivity index (χ2v) is 4.48. The lowest BCUT2D eigenvalue weighted by atomic mass is 10.1. The third-order valence-electron chi connectivity index (χ3n) is 3.08. The molecule has 84 valence electrons. The summed E-state index contributed by atoms with van der Waals surface area (Å²) in [4.78, 5) is 2.44. The summed E-state index contributed by atoms with van der Waals surface area (Å²) in [5.41, 5.74) is 1.23. The molecule has 2 unspecified atom stereocenters. The van der Waals surface area contributed by atoms with Crippen LogP contribution in [0.4, 0.5) is 0 Å². The van der Waals surface area contributed by atoms with Gasteiger partial charge in [-0.15, -0.1) is 0 Å². The van der Waals surface area contributed by atoms with E-state index in [2.05, 4.69) is 4.90 Å². The van der Waals surface area contributed by atoms with Crippen molar-refractivity contribution in [1.29, 1.82) is 0 Å². The lowest BCUT2D eigenvalue weighted by molar-refractivity contribution is 0.130. The quantitative estimate of drug-likeness (QED) is 0.824. The predicted molar refractivity (Wildman–Crippen MR) is 58.4 cm³/mol. The summed E-state index contributed by atoms with van der Waals surface area (Å²) in [7, 11) is 0. The SMILES string of the molecule is CC(O)CC1CCCN1Cc1ccoc1. The van der Waals surface area contributed by atoms with Gasteiger partial charge in [0, 0.05) is 18.2 Å². The van der Waals surface area contributed by atoms with Gasteiger partial charge in [-0.25, -0.2) is 0 Å². The molecule has 2 heterocycles. The van der Waals surface area contributed by atoms with Gasteiger partial charge in [0.2, 0.25) is 0 Å². The molecule has 1 fully saturated rings. The summed E-state index contributed by atoms with van der Waals surface area (Å²) in [5.74, 6) is 0. The van der Waals surface area contributed by atoms with Crippen LogP contribution in [0.1, 0.15) is 31.7 Å². The third-order valence-corrected chi connectivity index (χ3v) is 3.08. The monoisotopic (exact) mass is 209 g/mol. The number of aliphatic hydroxyl groups excluding tert-OH is 1. The van der Waals surface area contributed by atoms with Gasteiger partial charge in [0.1, 0.15) is 0 Å². The van der Waals surface area contributed by atoms with Crippen molar-refractivity contribution >= 4 is 0 Å². The maximum atomic E-state index is 9.41. The molecule has 2 atom stereocenters. The van der Waals surface area contributed by atoms with E-state index in [1.807, 2.05) is 13.0 Å². The fourth-order valence-electron chi connectivity index (χ4n) is 2.38. The van der Waals surface area contributed by atoms with Gasteiger partial charge in [0.25, 0.3) is 0 Å². The standard InChI is InChI=1S/C12H19NO2/c1-10(14)7-12-3-2-5-13(12)8-11-4-6-15-9-11/h4,6,9-10,12,14H,2-3,5,7-8H2,1H3. The van der Waals surface area contributed by atoms with Crippen molar-refractivity contribution in [3.63, 3.8) is 0 Å². The van der Waals surface area contributed by atoms with Crippen molar-refractivity contribution in [2.24, 2.45) is 0 Å². The topological polar surface area (TPSA) is 36.6 Å². The van der Waals surface area contributed by atoms with E-state index in [9.17, 15) is 5.11 Å². The minimum absolute atomic E-state index is 0.194. The number of rotatable bonds is 4. The molecule has 1 saturated heterocycles. The molecule has 0 aliphatic carbocycles. The summed E-state index contributed by atoms with van der Waals surface area (Å²) in [6.45, 7) is 3.96. The Kier molecular flexibility index (Phi) is 3.44. The highest BCUT2D eigenvalue weighted by molar-refractivity contribution is 5.05. The molecule has 1 aromatic heterocycles. The van der Waals surface area contributed by atoms with E-state index < -0.39 is 0 Å². The first-order valence-corrected chi connectivity index (χ1v) is 5.69. The highest BCUT2D eigenvalue weighted by Gasteiger charge is 2.25. The van der Waals surface area contributed by atoms with Gasteiger partial charge in [-0.1, -0.05) is 0 Å². The molecule has 0 spiro atoms. The molecular weight excluding hydrogens is 190 g/mol. The summed E-state index contributed by atoms with van der Waals surface area (Å²) < 4.78 is 5.07. The van der Waals surface area contributed by atoms with E-state index in [1.54, 1.807) is 12.5 Å². The van der Waals surface area contributed by atoms with Gasteiger partial charge in [0.15, 0.2) is 0 Å². The normalized spacial score (nSPS) is 24.5. The average Bonchev–Trinajstić information content (AvgIpc) is 2.78. The Labute approximate surface area is 90.7 Å². The van der Waals surface area contributed by atoms with E-state index in [0.717, 1.165) is 19.5 Å². The fourth-order valence-corrected chi connectivity index (χ4v) is 2.38. The Balaban J connectivity index is 1.90. The zero-order valence-corrected chi connectivity index (χ0v) is 9.22. The predicted octanol–water partition coefficient (Wildman–Crippen LogP) is 2.01. The molecule has 0 aromatic carbocycles. The highest BCUT2D eigenvalue weighted by atomic mass is 16.3. The Morgan fingerprint density at radius 2 is 2.53 bits per heavy atom. The van der Waals surface area contributed by atoms with Crippen LogP contribution >= 0.6 is 0 Å². The number of hydrogen-bond acceptors (Lipinski definition) is 3. The number of hydrogen-bond donors (Lipinski definition) is 1. The summed E-state index contributed by atoms with van der Waals surface area (Å²) in [6, 6.07) is 2.55. The van der Waals surface area contributed by atoms with Crippen LogP contribution in [0, 0.1) is 0 Å². The maximum absolute atomic E-state index is 9.41. The molecule has 1 N–H and O–H groups in total. The van der Waals surface area contributed by atoms with Gasteiger partial charge in [-0.2, -0.15) is 0 Å². The van der Waals surface area contributed by atoms with Gasteiger partial charge in [-0.3, -0.25) is 4.90 Å². The smallest absolute Gasteiger partial charge is 0.0947 e. The lowest BCUT2D eigenvalue weighted by Crippen LogP contribution is -2.31. The van der Waals surface area contributed by atoms with E-state index in [0.29, 0.717) is 6.04 Å². The maximum Gasteiger partial charge on any atom is 0.0947 e. The molecule has 1 aliphatic heterocycles. The molecular formula is C12H19NO2. The number of nitrogens with zero attached hydrogens (tertiary/aromatic N) is 1. The van der Waals surface area contributed by atoms with Crippen molar-refractivity contribution < 1.29 is 9.52 Å².